The van der Waals surface area contributed by atoms with Crippen LogP contribution in [0.5, 0.6) is 5.75 Å². The summed E-state index contributed by atoms with van der Waals surface area (Å²) in [5, 5.41) is 0.393. The number of benzene rings is 3. The summed E-state index contributed by atoms with van der Waals surface area (Å²) in [4.78, 5) is 11.4. The first-order valence-corrected chi connectivity index (χ1v) is 7.78. The third-order valence-electron chi connectivity index (χ3n) is 3.63. The van der Waals surface area contributed by atoms with Gasteiger partial charge in [0.25, 0.3) is 0 Å². The lowest BCUT2D eigenvalue weighted by molar-refractivity contribution is 0.111. The molecule has 0 atom stereocenters. The second-order valence-corrected chi connectivity index (χ2v) is 5.62. The molecule has 0 saturated carbocycles. The van der Waals surface area contributed by atoms with Gasteiger partial charge < -0.3 is 4.74 Å². The van der Waals surface area contributed by atoms with Crippen molar-refractivity contribution in [3.8, 4) is 16.9 Å². The van der Waals surface area contributed by atoms with E-state index in [0.29, 0.717) is 16.9 Å². The highest BCUT2D eigenvalue weighted by Gasteiger charge is 2.18. The number of carbonyl (C=O) groups is 1. The van der Waals surface area contributed by atoms with E-state index in [9.17, 15) is 9.18 Å². The van der Waals surface area contributed by atoms with Gasteiger partial charge in [-0.1, -0.05) is 60.1 Å². The van der Waals surface area contributed by atoms with Crippen LogP contribution in [0.2, 0.25) is 5.02 Å². The molecule has 3 rings (SSSR count). The summed E-state index contributed by atoms with van der Waals surface area (Å²) in [7, 11) is 0. The fraction of sp³-hybridized carbons (Fsp3) is 0.0500. The molecule has 0 bridgehead atoms. The molecule has 0 N–H and O–H groups in total. The highest BCUT2D eigenvalue weighted by molar-refractivity contribution is 6.33. The van der Waals surface area contributed by atoms with E-state index in [1.54, 1.807) is 24.3 Å². The fourth-order valence-corrected chi connectivity index (χ4v) is 2.70. The SMILES string of the molecule is O=Cc1ccc(F)c(-c2ccccc2Cl)c1OCc1ccccc1. The summed E-state index contributed by atoms with van der Waals surface area (Å²) >= 11 is 6.20. The number of hydrogen-bond acceptors (Lipinski definition) is 2. The van der Waals surface area contributed by atoms with Crippen LogP contribution in [0.25, 0.3) is 11.1 Å². The van der Waals surface area contributed by atoms with Gasteiger partial charge in [0.1, 0.15) is 18.2 Å². The molecule has 0 heterocycles. The normalized spacial score (nSPS) is 10.4. The van der Waals surface area contributed by atoms with Gasteiger partial charge in [-0.15, -0.1) is 0 Å². The zero-order chi connectivity index (χ0) is 16.9. The second kappa shape index (κ2) is 7.28. The molecule has 4 heteroatoms. The molecule has 0 radical (unpaired) electrons. The van der Waals surface area contributed by atoms with Crippen molar-refractivity contribution in [3.63, 3.8) is 0 Å². The van der Waals surface area contributed by atoms with Crippen molar-refractivity contribution in [2.45, 2.75) is 6.61 Å². The molecule has 0 aliphatic carbocycles. The van der Waals surface area contributed by atoms with Crippen molar-refractivity contribution >= 4 is 17.9 Å². The first kappa shape index (κ1) is 16.2. The Morgan fingerprint density at radius 2 is 1.67 bits per heavy atom. The number of ether oxygens (including phenoxy) is 1. The molecule has 0 aliphatic heterocycles. The molecule has 0 amide bonds. The number of aldehydes is 1. The molecule has 120 valence electrons. The van der Waals surface area contributed by atoms with Crippen LogP contribution in [0, 0.1) is 5.82 Å². The number of hydrogen-bond donors (Lipinski definition) is 0. The molecular formula is C20H14ClFO2. The Balaban J connectivity index is 2.08. The van der Waals surface area contributed by atoms with Gasteiger partial charge in [-0.25, -0.2) is 4.39 Å². The zero-order valence-corrected chi connectivity index (χ0v) is 13.5. The Bertz CT molecular complexity index is 863. The van der Waals surface area contributed by atoms with Crippen LogP contribution in [0.3, 0.4) is 0 Å². The third-order valence-corrected chi connectivity index (χ3v) is 3.96. The Kier molecular flexibility index (Phi) is 4.92. The Hall–Kier alpha value is -2.65. The van der Waals surface area contributed by atoms with E-state index in [1.165, 1.54) is 12.1 Å². The molecule has 3 aromatic rings. The lowest BCUT2D eigenvalue weighted by Gasteiger charge is -2.15. The zero-order valence-electron chi connectivity index (χ0n) is 12.7. The van der Waals surface area contributed by atoms with Crippen molar-refractivity contribution in [2.24, 2.45) is 0 Å². The lowest BCUT2D eigenvalue weighted by atomic mass is 10.0. The molecule has 0 fully saturated rings. The van der Waals surface area contributed by atoms with Crippen LogP contribution in [0.4, 0.5) is 4.39 Å². The first-order valence-electron chi connectivity index (χ1n) is 7.40. The summed E-state index contributed by atoms with van der Waals surface area (Å²) in [6, 6.07) is 19.0. The van der Waals surface area contributed by atoms with Crippen LogP contribution in [-0.2, 0) is 6.61 Å². The monoisotopic (exact) mass is 340 g/mol. The van der Waals surface area contributed by atoms with Crippen LogP contribution >= 0.6 is 11.6 Å². The predicted molar refractivity (Wildman–Crippen MR) is 93.0 cm³/mol. The molecule has 2 nitrogen and oxygen atoms in total. The molecular weight excluding hydrogens is 327 g/mol. The average Bonchev–Trinajstić information content (AvgIpc) is 2.62. The van der Waals surface area contributed by atoms with E-state index < -0.39 is 5.82 Å². The van der Waals surface area contributed by atoms with E-state index >= 15 is 0 Å². The lowest BCUT2D eigenvalue weighted by Crippen LogP contribution is -2.02. The Morgan fingerprint density at radius 1 is 0.958 bits per heavy atom. The smallest absolute Gasteiger partial charge is 0.153 e. The largest absolute Gasteiger partial charge is 0.487 e. The van der Waals surface area contributed by atoms with E-state index in [2.05, 4.69) is 0 Å². The summed E-state index contributed by atoms with van der Waals surface area (Å²) in [5.74, 6) is -0.293. The molecule has 0 aromatic heterocycles. The average molecular weight is 341 g/mol. The quantitative estimate of drug-likeness (QED) is 0.570. The highest BCUT2D eigenvalue weighted by atomic mass is 35.5. The summed E-state index contributed by atoms with van der Waals surface area (Å²) in [5.41, 5.74) is 1.88. The van der Waals surface area contributed by atoms with Gasteiger partial charge in [0.05, 0.1) is 11.1 Å². The maximum Gasteiger partial charge on any atom is 0.153 e. The minimum Gasteiger partial charge on any atom is -0.487 e. The van der Waals surface area contributed by atoms with Gasteiger partial charge >= 0.3 is 0 Å². The van der Waals surface area contributed by atoms with Crippen molar-refractivity contribution in [1.82, 2.24) is 0 Å². The van der Waals surface area contributed by atoms with Crippen molar-refractivity contribution in [2.75, 3.05) is 0 Å². The van der Waals surface area contributed by atoms with Crippen LogP contribution in [0.1, 0.15) is 15.9 Å². The molecule has 0 unspecified atom stereocenters. The summed E-state index contributed by atoms with van der Waals surface area (Å²) in [6.07, 6.45) is 0.653. The number of rotatable bonds is 5. The Morgan fingerprint density at radius 3 is 2.38 bits per heavy atom. The molecule has 0 saturated heterocycles. The van der Waals surface area contributed by atoms with Gasteiger partial charge in [0, 0.05) is 10.6 Å². The summed E-state index contributed by atoms with van der Waals surface area (Å²) in [6.45, 7) is 0.225. The van der Waals surface area contributed by atoms with E-state index in [1.807, 2.05) is 30.3 Å². The van der Waals surface area contributed by atoms with E-state index in [0.717, 1.165) is 5.56 Å². The van der Waals surface area contributed by atoms with E-state index in [-0.39, 0.29) is 23.5 Å². The van der Waals surface area contributed by atoms with Crippen LogP contribution in [0.15, 0.2) is 66.7 Å². The Labute approximate surface area is 144 Å². The van der Waals surface area contributed by atoms with Crippen molar-refractivity contribution < 1.29 is 13.9 Å². The topological polar surface area (TPSA) is 26.3 Å². The third kappa shape index (κ3) is 3.31. The van der Waals surface area contributed by atoms with E-state index in [4.69, 9.17) is 16.3 Å². The number of carbonyl (C=O) groups excluding carboxylic acids is 1. The maximum absolute atomic E-state index is 14.5. The summed E-state index contributed by atoms with van der Waals surface area (Å²) < 4.78 is 20.3. The molecule has 0 spiro atoms. The maximum atomic E-state index is 14.5. The van der Waals surface area contributed by atoms with Gasteiger partial charge in [-0.05, 0) is 23.8 Å². The molecule has 3 aromatic carbocycles. The van der Waals surface area contributed by atoms with Gasteiger partial charge in [0.15, 0.2) is 6.29 Å². The second-order valence-electron chi connectivity index (χ2n) is 5.21. The van der Waals surface area contributed by atoms with Gasteiger partial charge in [-0.2, -0.15) is 0 Å². The minimum absolute atomic E-state index is 0.195. The molecule has 24 heavy (non-hydrogen) atoms. The minimum atomic E-state index is -0.489. The van der Waals surface area contributed by atoms with Crippen LogP contribution < -0.4 is 4.74 Å². The van der Waals surface area contributed by atoms with Gasteiger partial charge in [0.2, 0.25) is 0 Å². The highest BCUT2D eigenvalue weighted by Crippen LogP contribution is 2.39. The van der Waals surface area contributed by atoms with Crippen molar-refractivity contribution in [1.29, 1.82) is 0 Å². The molecule has 0 aliphatic rings. The van der Waals surface area contributed by atoms with Crippen molar-refractivity contribution in [3.05, 3.63) is 88.7 Å². The predicted octanol–water partition coefficient (Wildman–Crippen LogP) is 5.54. The standard InChI is InChI=1S/C20H14ClFO2/c21-17-9-5-4-8-16(17)19-18(22)11-10-15(12-23)20(19)24-13-14-6-2-1-3-7-14/h1-12H,13H2. The van der Waals surface area contributed by atoms with Crippen LogP contribution in [-0.4, -0.2) is 6.29 Å². The first-order chi connectivity index (χ1) is 11.7. The van der Waals surface area contributed by atoms with Gasteiger partial charge in [-0.3, -0.25) is 4.79 Å². The fourth-order valence-electron chi connectivity index (χ4n) is 2.47. The number of halogens is 2.